The number of rotatable bonds is 5. The molecule has 2 aliphatic rings. The van der Waals surface area contributed by atoms with Gasteiger partial charge in [-0.2, -0.15) is 5.10 Å². The molecule has 1 atom stereocenters. The standard InChI is InChI=1S/C22H17N3O4S3/c26-20-12-32-18-6-5-13(9-14(18)23-20)22(28)29-11-21(27)25-16(19-4-2-8-31-19)10-15(24-25)17-3-1-7-30-17/h1-9,16H,10-12H2,(H,23,26). The number of thiophene rings is 2. The quantitative estimate of drug-likeness (QED) is 0.544. The summed E-state index contributed by atoms with van der Waals surface area (Å²) in [6.07, 6.45) is 0.614. The lowest BCUT2D eigenvalue weighted by Gasteiger charge is -2.20. The van der Waals surface area contributed by atoms with Gasteiger partial charge in [-0.3, -0.25) is 9.59 Å². The van der Waals surface area contributed by atoms with Crippen LogP contribution in [0.2, 0.25) is 0 Å². The molecule has 1 N–H and O–H groups in total. The Bertz CT molecular complexity index is 1210. The summed E-state index contributed by atoms with van der Waals surface area (Å²) in [6.45, 7) is -0.417. The number of ether oxygens (including phenoxy) is 1. The molecule has 0 radical (unpaired) electrons. The minimum absolute atomic E-state index is 0.115. The van der Waals surface area contributed by atoms with E-state index in [1.807, 2.05) is 35.0 Å². The smallest absolute Gasteiger partial charge is 0.338 e. The Morgan fingerprint density at radius 2 is 2.00 bits per heavy atom. The van der Waals surface area contributed by atoms with E-state index in [1.54, 1.807) is 40.9 Å². The minimum Gasteiger partial charge on any atom is -0.452 e. The van der Waals surface area contributed by atoms with Crippen molar-refractivity contribution in [3.63, 3.8) is 0 Å². The van der Waals surface area contributed by atoms with Gasteiger partial charge in [0.25, 0.3) is 5.91 Å². The van der Waals surface area contributed by atoms with Crippen LogP contribution < -0.4 is 5.32 Å². The number of hydrazone groups is 1. The van der Waals surface area contributed by atoms with Gasteiger partial charge in [-0.15, -0.1) is 34.4 Å². The Balaban J connectivity index is 1.29. The number of nitrogens with one attached hydrogen (secondary N) is 1. The number of hydrogen-bond acceptors (Lipinski definition) is 8. The third kappa shape index (κ3) is 4.21. The van der Waals surface area contributed by atoms with E-state index < -0.39 is 12.6 Å². The number of thioether (sulfide) groups is 1. The number of carbonyl (C=O) groups is 3. The number of anilines is 1. The molecular weight excluding hydrogens is 466 g/mol. The molecule has 0 saturated carbocycles. The normalized spacial score (nSPS) is 17.5. The van der Waals surface area contributed by atoms with Gasteiger partial charge in [0.2, 0.25) is 5.91 Å². The van der Waals surface area contributed by atoms with Crippen LogP contribution in [0.5, 0.6) is 0 Å². The third-order valence-electron chi connectivity index (χ3n) is 5.02. The maximum absolute atomic E-state index is 13.0. The first-order chi connectivity index (χ1) is 15.6. The van der Waals surface area contributed by atoms with Crippen molar-refractivity contribution in [1.29, 1.82) is 0 Å². The Morgan fingerprint density at radius 3 is 2.78 bits per heavy atom. The minimum atomic E-state index is -0.625. The molecule has 2 amide bonds. The second-order valence-corrected chi connectivity index (χ2v) is 10.1. The van der Waals surface area contributed by atoms with Crippen LogP contribution in [0, 0.1) is 0 Å². The van der Waals surface area contributed by atoms with Crippen molar-refractivity contribution in [3.05, 3.63) is 68.5 Å². The van der Waals surface area contributed by atoms with Crippen molar-refractivity contribution in [2.75, 3.05) is 17.7 Å². The lowest BCUT2D eigenvalue weighted by Crippen LogP contribution is -2.31. The van der Waals surface area contributed by atoms with Crippen LogP contribution in [0.4, 0.5) is 5.69 Å². The first-order valence-corrected chi connectivity index (χ1v) is 12.5. The Labute approximate surface area is 196 Å². The number of nitrogens with zero attached hydrogens (tertiary/aromatic N) is 2. The zero-order valence-electron chi connectivity index (χ0n) is 16.6. The molecule has 3 aromatic rings. The topological polar surface area (TPSA) is 88.1 Å². The lowest BCUT2D eigenvalue weighted by molar-refractivity contribution is -0.136. The summed E-state index contributed by atoms with van der Waals surface area (Å²) < 4.78 is 5.30. The fourth-order valence-corrected chi connectivity index (χ4v) is 5.84. The average Bonchev–Trinajstić information content (AvgIpc) is 3.57. The van der Waals surface area contributed by atoms with Gasteiger partial charge in [0.1, 0.15) is 0 Å². The molecule has 2 aromatic heterocycles. The first kappa shape index (κ1) is 20.9. The highest BCUT2D eigenvalue weighted by Gasteiger charge is 2.34. The van der Waals surface area contributed by atoms with E-state index in [1.165, 1.54) is 16.8 Å². The van der Waals surface area contributed by atoms with Crippen molar-refractivity contribution in [3.8, 4) is 0 Å². The Morgan fingerprint density at radius 1 is 1.16 bits per heavy atom. The zero-order chi connectivity index (χ0) is 22.1. The molecule has 0 saturated heterocycles. The lowest BCUT2D eigenvalue weighted by atomic mass is 10.1. The van der Waals surface area contributed by atoms with Crippen LogP contribution in [-0.4, -0.2) is 40.9 Å². The van der Waals surface area contributed by atoms with E-state index >= 15 is 0 Å². The number of carbonyl (C=O) groups excluding carboxylic acids is 3. The van der Waals surface area contributed by atoms with Gasteiger partial charge < -0.3 is 10.1 Å². The fraction of sp³-hybridized carbons (Fsp3) is 0.182. The molecule has 7 nitrogen and oxygen atoms in total. The van der Waals surface area contributed by atoms with Crippen LogP contribution in [-0.2, 0) is 14.3 Å². The molecular formula is C22H17N3O4S3. The van der Waals surface area contributed by atoms with E-state index in [0.29, 0.717) is 17.9 Å². The van der Waals surface area contributed by atoms with Crippen molar-refractivity contribution < 1.29 is 19.1 Å². The van der Waals surface area contributed by atoms with Crippen LogP contribution in [0.3, 0.4) is 0 Å². The molecule has 0 bridgehead atoms. The monoisotopic (exact) mass is 483 g/mol. The van der Waals surface area contributed by atoms with Crippen molar-refractivity contribution >= 4 is 63.6 Å². The summed E-state index contributed by atoms with van der Waals surface area (Å²) in [5.74, 6) is -0.776. The van der Waals surface area contributed by atoms with Gasteiger partial charge in [0.15, 0.2) is 6.61 Å². The predicted molar refractivity (Wildman–Crippen MR) is 125 cm³/mol. The van der Waals surface area contributed by atoms with E-state index in [-0.39, 0.29) is 23.4 Å². The summed E-state index contributed by atoms with van der Waals surface area (Å²) in [7, 11) is 0. The third-order valence-corrected chi connectivity index (χ3v) is 7.98. The van der Waals surface area contributed by atoms with Crippen molar-refractivity contribution in [2.45, 2.75) is 17.4 Å². The molecule has 5 rings (SSSR count). The van der Waals surface area contributed by atoms with Gasteiger partial charge in [0.05, 0.1) is 33.6 Å². The molecule has 1 unspecified atom stereocenters. The van der Waals surface area contributed by atoms with Gasteiger partial charge in [0, 0.05) is 16.2 Å². The van der Waals surface area contributed by atoms with E-state index in [9.17, 15) is 14.4 Å². The largest absolute Gasteiger partial charge is 0.452 e. The summed E-state index contributed by atoms with van der Waals surface area (Å²) in [6, 6.07) is 12.6. The molecule has 162 valence electrons. The summed E-state index contributed by atoms with van der Waals surface area (Å²) >= 11 is 4.56. The average molecular weight is 484 g/mol. The molecule has 2 aliphatic heterocycles. The number of fused-ring (bicyclic) bond motifs is 1. The summed E-state index contributed by atoms with van der Waals surface area (Å²) in [5, 5.41) is 12.7. The van der Waals surface area contributed by atoms with Crippen LogP contribution in [0.1, 0.15) is 32.6 Å². The zero-order valence-corrected chi connectivity index (χ0v) is 19.1. The number of amides is 2. The number of esters is 1. The molecule has 0 spiro atoms. The highest BCUT2D eigenvalue weighted by atomic mass is 32.2. The van der Waals surface area contributed by atoms with Crippen molar-refractivity contribution in [1.82, 2.24) is 5.01 Å². The molecule has 4 heterocycles. The number of benzene rings is 1. The number of hydrogen-bond donors (Lipinski definition) is 1. The molecule has 0 fully saturated rings. The van der Waals surface area contributed by atoms with Crippen LogP contribution in [0.25, 0.3) is 0 Å². The Kier molecular flexibility index (Phi) is 5.81. The van der Waals surface area contributed by atoms with Crippen molar-refractivity contribution in [2.24, 2.45) is 5.10 Å². The van der Waals surface area contributed by atoms with Gasteiger partial charge >= 0.3 is 5.97 Å². The summed E-state index contributed by atoms with van der Waals surface area (Å²) in [4.78, 5) is 40.1. The first-order valence-electron chi connectivity index (χ1n) is 9.79. The SMILES string of the molecule is O=C1CSc2ccc(C(=O)OCC(=O)N3N=C(c4cccs4)CC3c3cccs3)cc2N1. The van der Waals surface area contributed by atoms with E-state index in [4.69, 9.17) is 4.74 Å². The van der Waals surface area contributed by atoms with Gasteiger partial charge in [-0.1, -0.05) is 12.1 Å². The molecule has 0 aliphatic carbocycles. The Hall–Kier alpha value is -2.95. The van der Waals surface area contributed by atoms with Crippen LogP contribution >= 0.6 is 34.4 Å². The van der Waals surface area contributed by atoms with Crippen LogP contribution in [0.15, 0.2) is 63.2 Å². The maximum atomic E-state index is 13.0. The summed E-state index contributed by atoms with van der Waals surface area (Å²) in [5.41, 5.74) is 1.70. The molecule has 10 heteroatoms. The molecule has 32 heavy (non-hydrogen) atoms. The maximum Gasteiger partial charge on any atom is 0.338 e. The molecule has 1 aromatic carbocycles. The highest BCUT2D eigenvalue weighted by molar-refractivity contribution is 8.00. The van der Waals surface area contributed by atoms with Gasteiger partial charge in [-0.25, -0.2) is 9.80 Å². The van der Waals surface area contributed by atoms with E-state index in [0.717, 1.165) is 20.4 Å². The van der Waals surface area contributed by atoms with Gasteiger partial charge in [-0.05, 0) is 41.1 Å². The predicted octanol–water partition coefficient (Wildman–Crippen LogP) is 4.39. The van der Waals surface area contributed by atoms with E-state index in [2.05, 4.69) is 10.4 Å². The highest BCUT2D eigenvalue weighted by Crippen LogP contribution is 2.36. The second kappa shape index (κ2) is 8.89. The second-order valence-electron chi connectivity index (χ2n) is 7.12. The fourth-order valence-electron chi connectivity index (χ4n) is 3.52.